The molecule has 1 aromatic rings. The van der Waals surface area contributed by atoms with Gasteiger partial charge < -0.3 is 5.32 Å². The molecule has 136 valence electrons. The van der Waals surface area contributed by atoms with E-state index in [9.17, 15) is 13.2 Å². The lowest BCUT2D eigenvalue weighted by atomic mass is 9.87. The third kappa shape index (κ3) is 5.31. The van der Waals surface area contributed by atoms with Crippen LogP contribution >= 0.6 is 0 Å². The zero-order chi connectivity index (χ0) is 18.9. The Morgan fingerprint density at radius 2 is 1.67 bits per heavy atom. The number of amides is 1. The first-order valence-corrected chi connectivity index (χ1v) is 9.47. The molecule has 1 aromatic carbocycles. The first-order valence-electron chi connectivity index (χ1n) is 8.03. The predicted molar refractivity (Wildman–Crippen MR) is 97.6 cm³/mol. The van der Waals surface area contributed by atoms with Gasteiger partial charge in [-0.25, -0.2) is 8.42 Å². The number of hydrogen-bond donors (Lipinski definition) is 1. The highest BCUT2D eigenvalue weighted by Crippen LogP contribution is 2.27. The Morgan fingerprint density at radius 3 is 2.12 bits per heavy atom. The first kappa shape index (κ1) is 20.6. The van der Waals surface area contributed by atoms with E-state index in [1.54, 1.807) is 13.0 Å². The third-order valence-corrected chi connectivity index (χ3v) is 5.57. The average Bonchev–Trinajstić information content (AvgIpc) is 2.34. The molecule has 1 rings (SSSR count). The monoisotopic (exact) mass is 354 g/mol. The molecule has 0 unspecified atom stereocenters. The van der Waals surface area contributed by atoms with Crippen LogP contribution < -0.4 is 5.32 Å². The van der Waals surface area contributed by atoms with Crippen molar-refractivity contribution in [1.82, 2.24) is 9.62 Å². The maximum absolute atomic E-state index is 12.9. The minimum absolute atomic E-state index is 0.153. The van der Waals surface area contributed by atoms with Crippen LogP contribution in [0.2, 0.25) is 0 Å². The van der Waals surface area contributed by atoms with Gasteiger partial charge >= 0.3 is 0 Å². The Morgan fingerprint density at radius 1 is 1.12 bits per heavy atom. The van der Waals surface area contributed by atoms with E-state index in [0.29, 0.717) is 5.56 Å². The highest BCUT2D eigenvalue weighted by Gasteiger charge is 2.27. The van der Waals surface area contributed by atoms with Crippen LogP contribution in [0.5, 0.6) is 0 Å². The lowest BCUT2D eigenvalue weighted by Gasteiger charge is -2.25. The van der Waals surface area contributed by atoms with E-state index in [0.717, 1.165) is 9.87 Å². The maximum Gasteiger partial charge on any atom is 0.243 e. The van der Waals surface area contributed by atoms with E-state index in [-0.39, 0.29) is 22.8 Å². The number of hydrogen-bond acceptors (Lipinski definition) is 3. The van der Waals surface area contributed by atoms with Crippen molar-refractivity contribution in [3.63, 3.8) is 0 Å². The van der Waals surface area contributed by atoms with E-state index >= 15 is 0 Å². The maximum atomic E-state index is 12.9. The number of nitrogens with zero attached hydrogens (tertiary/aromatic N) is 1. The van der Waals surface area contributed by atoms with Gasteiger partial charge in [0, 0.05) is 12.6 Å². The molecule has 0 aliphatic rings. The number of sulfonamides is 1. The molecule has 0 saturated carbocycles. The summed E-state index contributed by atoms with van der Waals surface area (Å²) in [4.78, 5) is 12.3. The van der Waals surface area contributed by atoms with Crippen molar-refractivity contribution in [3.8, 4) is 0 Å². The van der Waals surface area contributed by atoms with Crippen molar-refractivity contribution in [2.45, 2.75) is 64.3 Å². The quantitative estimate of drug-likeness (QED) is 0.904. The number of nitrogens with one attached hydrogen (secondary N) is 1. The van der Waals surface area contributed by atoms with Gasteiger partial charge in [-0.3, -0.25) is 4.79 Å². The van der Waals surface area contributed by atoms with Gasteiger partial charge in [-0.15, -0.1) is 0 Å². The van der Waals surface area contributed by atoms with Gasteiger partial charge in [-0.1, -0.05) is 32.9 Å². The number of aryl methyl sites for hydroxylation is 1. The highest BCUT2D eigenvalue weighted by atomic mass is 32.2. The number of carbonyl (C=O) groups is 1. The van der Waals surface area contributed by atoms with Crippen molar-refractivity contribution in [1.29, 1.82) is 0 Å². The molecule has 0 heterocycles. The summed E-state index contributed by atoms with van der Waals surface area (Å²) in [5, 5.41) is 2.78. The molecule has 0 bridgehead atoms. The molecule has 0 aliphatic heterocycles. The van der Waals surface area contributed by atoms with Crippen molar-refractivity contribution in [2.24, 2.45) is 0 Å². The molecule has 1 amide bonds. The Hall–Kier alpha value is -1.40. The van der Waals surface area contributed by atoms with Crippen LogP contribution in [-0.2, 0) is 20.2 Å². The van der Waals surface area contributed by atoms with Crippen molar-refractivity contribution >= 4 is 15.9 Å². The number of benzene rings is 1. The fourth-order valence-corrected chi connectivity index (χ4v) is 3.63. The molecule has 0 radical (unpaired) electrons. The normalized spacial score (nSPS) is 13.2. The summed E-state index contributed by atoms with van der Waals surface area (Å²) < 4.78 is 26.9. The molecule has 0 saturated heterocycles. The van der Waals surface area contributed by atoms with Crippen LogP contribution in [0.15, 0.2) is 23.1 Å². The molecule has 0 atom stereocenters. The second kappa shape index (κ2) is 6.84. The van der Waals surface area contributed by atoms with Crippen LogP contribution in [0.1, 0.15) is 52.7 Å². The molecule has 6 heteroatoms. The van der Waals surface area contributed by atoms with E-state index in [1.807, 2.05) is 53.7 Å². The predicted octanol–water partition coefficient (Wildman–Crippen LogP) is 2.83. The Balaban J connectivity index is 3.14. The third-order valence-electron chi connectivity index (χ3n) is 3.62. The fourth-order valence-electron chi connectivity index (χ4n) is 2.26. The van der Waals surface area contributed by atoms with Gasteiger partial charge in [0.2, 0.25) is 15.9 Å². The van der Waals surface area contributed by atoms with E-state index in [2.05, 4.69) is 5.32 Å². The number of likely N-dealkylation sites (N-methyl/N-ethyl adjacent to an activating group) is 1. The molecule has 0 aromatic heterocycles. The molecule has 24 heavy (non-hydrogen) atoms. The Labute approximate surface area is 146 Å². The van der Waals surface area contributed by atoms with Gasteiger partial charge in [0.15, 0.2) is 0 Å². The molecule has 0 spiro atoms. The second-order valence-corrected chi connectivity index (χ2v) is 10.3. The lowest BCUT2D eigenvalue weighted by molar-refractivity contribution is -0.122. The van der Waals surface area contributed by atoms with Gasteiger partial charge in [-0.2, -0.15) is 4.31 Å². The Bertz CT molecular complexity index is 711. The summed E-state index contributed by atoms with van der Waals surface area (Å²) in [6, 6.07) is 5.47. The largest absolute Gasteiger partial charge is 0.350 e. The smallest absolute Gasteiger partial charge is 0.243 e. The minimum atomic E-state index is -3.73. The molecular formula is C18H30N2O3S. The minimum Gasteiger partial charge on any atom is -0.350 e. The zero-order valence-electron chi connectivity index (χ0n) is 16.0. The topological polar surface area (TPSA) is 66.5 Å². The van der Waals surface area contributed by atoms with E-state index in [4.69, 9.17) is 0 Å². The summed E-state index contributed by atoms with van der Waals surface area (Å²) >= 11 is 0. The van der Waals surface area contributed by atoms with Crippen LogP contribution in [0.25, 0.3) is 0 Å². The van der Waals surface area contributed by atoms with Crippen LogP contribution in [0, 0.1) is 6.92 Å². The second-order valence-electron chi connectivity index (χ2n) is 8.29. The average molecular weight is 355 g/mol. The molecule has 0 aliphatic carbocycles. The highest BCUT2D eigenvalue weighted by molar-refractivity contribution is 7.89. The summed E-state index contributed by atoms with van der Waals surface area (Å²) in [5.74, 6) is -0.321. The standard InChI is InChI=1S/C18H30N2O3S/c1-13-9-10-14(17(2,3)4)11-15(13)24(22,23)20(8)12-16(21)19-18(5,6)7/h9-11H,12H2,1-8H3,(H,19,21). The summed E-state index contributed by atoms with van der Waals surface area (Å²) in [5.41, 5.74) is 1.06. The van der Waals surface area contributed by atoms with Crippen molar-refractivity contribution < 1.29 is 13.2 Å². The number of carbonyl (C=O) groups excluding carboxylic acids is 1. The molecule has 1 N–H and O–H groups in total. The molecule has 5 nitrogen and oxygen atoms in total. The van der Waals surface area contributed by atoms with Crippen molar-refractivity contribution in [3.05, 3.63) is 29.3 Å². The van der Waals surface area contributed by atoms with E-state index < -0.39 is 15.6 Å². The SMILES string of the molecule is Cc1ccc(C(C)(C)C)cc1S(=O)(=O)N(C)CC(=O)NC(C)(C)C. The first-order chi connectivity index (χ1) is 10.6. The fraction of sp³-hybridized carbons (Fsp3) is 0.611. The Kier molecular flexibility index (Phi) is 5.89. The van der Waals surface area contributed by atoms with Crippen LogP contribution in [0.4, 0.5) is 0 Å². The summed E-state index contributed by atoms with van der Waals surface area (Å²) in [6.07, 6.45) is 0. The lowest BCUT2D eigenvalue weighted by Crippen LogP contribution is -2.46. The van der Waals surface area contributed by atoms with Gasteiger partial charge in [0.05, 0.1) is 11.4 Å². The van der Waals surface area contributed by atoms with Crippen molar-refractivity contribution in [2.75, 3.05) is 13.6 Å². The molecule has 0 fully saturated rings. The van der Waals surface area contributed by atoms with Crippen LogP contribution in [-0.4, -0.2) is 37.8 Å². The van der Waals surface area contributed by atoms with Gasteiger partial charge in [-0.05, 0) is 50.3 Å². The summed E-state index contributed by atoms with van der Waals surface area (Å²) in [6.45, 7) is 13.2. The molecular weight excluding hydrogens is 324 g/mol. The zero-order valence-corrected chi connectivity index (χ0v) is 16.8. The van der Waals surface area contributed by atoms with Gasteiger partial charge in [0.1, 0.15) is 0 Å². The summed E-state index contributed by atoms with van der Waals surface area (Å²) in [7, 11) is -2.30. The van der Waals surface area contributed by atoms with Crippen LogP contribution in [0.3, 0.4) is 0 Å². The number of rotatable bonds is 4. The van der Waals surface area contributed by atoms with Gasteiger partial charge in [0.25, 0.3) is 0 Å². The van der Waals surface area contributed by atoms with E-state index in [1.165, 1.54) is 7.05 Å².